The average molecular weight is 452 g/mol. The molecule has 9 nitrogen and oxygen atoms in total. The Hall–Kier alpha value is -2.66. The third-order valence-electron chi connectivity index (χ3n) is 4.20. The zero-order valence-electron chi connectivity index (χ0n) is 18.0. The highest BCUT2D eigenvalue weighted by Gasteiger charge is 2.27. The van der Waals surface area contributed by atoms with E-state index in [4.69, 9.17) is 14.8 Å². The van der Waals surface area contributed by atoms with E-state index in [2.05, 4.69) is 5.48 Å². The van der Waals surface area contributed by atoms with E-state index in [1.54, 1.807) is 24.3 Å². The van der Waals surface area contributed by atoms with Crippen LogP contribution < -0.4 is 20.0 Å². The molecule has 0 bridgehead atoms. The van der Waals surface area contributed by atoms with Crippen molar-refractivity contribution in [3.63, 3.8) is 0 Å². The van der Waals surface area contributed by atoms with E-state index < -0.39 is 22.0 Å². The van der Waals surface area contributed by atoms with Crippen molar-refractivity contribution in [2.24, 2.45) is 5.92 Å². The Balaban J connectivity index is 2.18. The molecule has 2 rings (SSSR count). The van der Waals surface area contributed by atoms with Crippen molar-refractivity contribution in [2.75, 3.05) is 23.7 Å². The number of hydroxylamine groups is 2. The molecule has 2 aromatic carbocycles. The van der Waals surface area contributed by atoms with E-state index in [1.807, 2.05) is 45.0 Å². The summed E-state index contributed by atoms with van der Waals surface area (Å²) in [4.78, 5) is 17.3. The minimum Gasteiger partial charge on any atom is -0.457 e. The number of rotatable bonds is 11. The molecular formula is C21H29N3O6S. The number of nitrogens with one attached hydrogen (secondary N) is 2. The van der Waals surface area contributed by atoms with E-state index in [-0.39, 0.29) is 12.5 Å². The molecule has 0 heterocycles. The Labute approximate surface area is 182 Å². The number of carbonyl (C=O) groups excluding carboxylic acids is 1. The number of ether oxygens (including phenoxy) is 1. The van der Waals surface area contributed by atoms with E-state index in [0.29, 0.717) is 23.8 Å². The van der Waals surface area contributed by atoms with Gasteiger partial charge in [0.1, 0.15) is 17.5 Å². The lowest BCUT2D eigenvalue weighted by Gasteiger charge is -2.27. The second-order valence-corrected chi connectivity index (χ2v) is 9.46. The van der Waals surface area contributed by atoms with Crippen LogP contribution in [0, 0.1) is 12.8 Å². The Kier molecular flexibility index (Phi) is 8.81. The second-order valence-electron chi connectivity index (χ2n) is 7.55. The minimum absolute atomic E-state index is 0.192. The Morgan fingerprint density at radius 1 is 1.06 bits per heavy atom. The van der Waals surface area contributed by atoms with Crippen LogP contribution in [0.1, 0.15) is 19.4 Å². The summed E-state index contributed by atoms with van der Waals surface area (Å²) in [5.41, 5.74) is 5.49. The van der Waals surface area contributed by atoms with Gasteiger partial charge in [-0.2, -0.15) is 5.48 Å². The molecular weight excluding hydrogens is 422 g/mol. The van der Waals surface area contributed by atoms with Gasteiger partial charge in [-0.05, 0) is 49.2 Å². The maximum Gasteiger partial charge on any atom is 0.264 e. The van der Waals surface area contributed by atoms with Gasteiger partial charge in [0, 0.05) is 0 Å². The molecule has 170 valence electrons. The quantitative estimate of drug-likeness (QED) is 0.355. The third-order valence-corrected chi connectivity index (χ3v) is 5.36. The van der Waals surface area contributed by atoms with Crippen molar-refractivity contribution in [1.82, 2.24) is 11.0 Å². The lowest BCUT2D eigenvalue weighted by atomic mass is 10.2. The number of amides is 1. The third kappa shape index (κ3) is 7.83. The molecule has 0 aliphatic heterocycles. The SMILES string of the molecule is Cc1ccc(Oc2ccc(N(C[C@H](NOCC(C)C)C(=O)NO)S(C)(=O)=O)cc2)cc1. The summed E-state index contributed by atoms with van der Waals surface area (Å²) in [6, 6.07) is 12.8. The number of hydrogen-bond donors (Lipinski definition) is 3. The Morgan fingerprint density at radius 3 is 2.10 bits per heavy atom. The van der Waals surface area contributed by atoms with Crippen LogP contribution in [-0.4, -0.2) is 45.0 Å². The summed E-state index contributed by atoms with van der Waals surface area (Å²) in [6.07, 6.45) is 1.03. The van der Waals surface area contributed by atoms with Crippen LogP contribution in [0.3, 0.4) is 0 Å². The minimum atomic E-state index is -3.74. The van der Waals surface area contributed by atoms with Crippen molar-refractivity contribution in [2.45, 2.75) is 26.8 Å². The lowest BCUT2D eigenvalue weighted by molar-refractivity contribution is -0.135. The first-order valence-corrected chi connectivity index (χ1v) is 11.6. The van der Waals surface area contributed by atoms with Crippen LogP contribution in [0.2, 0.25) is 0 Å². The molecule has 0 saturated carbocycles. The molecule has 0 radical (unpaired) electrons. The fourth-order valence-corrected chi connectivity index (χ4v) is 3.51. The maximum atomic E-state index is 12.4. The van der Waals surface area contributed by atoms with Gasteiger partial charge in [-0.3, -0.25) is 14.3 Å². The van der Waals surface area contributed by atoms with Crippen molar-refractivity contribution >= 4 is 21.6 Å². The summed E-state index contributed by atoms with van der Waals surface area (Å²) < 4.78 is 31.6. The number of nitrogens with zero attached hydrogens (tertiary/aromatic N) is 1. The topological polar surface area (TPSA) is 117 Å². The molecule has 0 aromatic heterocycles. The predicted molar refractivity (Wildman–Crippen MR) is 118 cm³/mol. The molecule has 31 heavy (non-hydrogen) atoms. The number of anilines is 1. The normalized spacial score (nSPS) is 12.5. The first-order chi connectivity index (χ1) is 14.6. The van der Waals surface area contributed by atoms with E-state index in [0.717, 1.165) is 16.1 Å². The van der Waals surface area contributed by atoms with Gasteiger partial charge in [0.05, 0.1) is 25.1 Å². The largest absolute Gasteiger partial charge is 0.457 e. The molecule has 1 atom stereocenters. The fourth-order valence-electron chi connectivity index (χ4n) is 2.59. The number of benzene rings is 2. The van der Waals surface area contributed by atoms with Gasteiger partial charge in [-0.1, -0.05) is 31.5 Å². The van der Waals surface area contributed by atoms with Gasteiger partial charge in [-0.25, -0.2) is 13.9 Å². The molecule has 3 N–H and O–H groups in total. The Bertz CT molecular complexity index is 946. The fraction of sp³-hybridized carbons (Fsp3) is 0.381. The molecule has 0 aliphatic carbocycles. The number of hydrogen-bond acceptors (Lipinski definition) is 7. The molecule has 1 amide bonds. The summed E-state index contributed by atoms with van der Waals surface area (Å²) in [5.74, 6) is 0.558. The van der Waals surface area contributed by atoms with Gasteiger partial charge in [0.25, 0.3) is 5.91 Å². The molecule has 0 unspecified atom stereocenters. The predicted octanol–water partition coefficient (Wildman–Crippen LogP) is 2.60. The Morgan fingerprint density at radius 2 is 1.61 bits per heavy atom. The van der Waals surface area contributed by atoms with Crippen LogP contribution in [0.15, 0.2) is 48.5 Å². The molecule has 0 saturated heterocycles. The van der Waals surface area contributed by atoms with E-state index in [1.165, 1.54) is 5.48 Å². The standard InChI is InChI=1S/C21H29N3O6S/c1-15(2)14-29-23-20(21(25)22-26)13-24(31(4,27)28)17-7-11-19(12-8-17)30-18-9-5-16(3)6-10-18/h5-12,15,20,23,26H,13-14H2,1-4H3,(H,22,25)/t20-/m0/s1. The highest BCUT2D eigenvalue weighted by Crippen LogP contribution is 2.26. The summed E-state index contributed by atoms with van der Waals surface area (Å²) in [6.45, 7) is 5.84. The van der Waals surface area contributed by atoms with Crippen LogP contribution in [0.25, 0.3) is 0 Å². The average Bonchev–Trinajstić information content (AvgIpc) is 2.71. The maximum absolute atomic E-state index is 12.4. The molecule has 10 heteroatoms. The highest BCUT2D eigenvalue weighted by molar-refractivity contribution is 7.92. The molecule has 0 fully saturated rings. The lowest BCUT2D eigenvalue weighted by Crippen LogP contribution is -2.51. The summed E-state index contributed by atoms with van der Waals surface area (Å²) in [7, 11) is -3.74. The van der Waals surface area contributed by atoms with Gasteiger partial charge in [0.15, 0.2) is 0 Å². The van der Waals surface area contributed by atoms with Gasteiger partial charge in [-0.15, -0.1) is 0 Å². The number of aryl methyl sites for hydroxylation is 1. The van der Waals surface area contributed by atoms with Gasteiger partial charge >= 0.3 is 0 Å². The van der Waals surface area contributed by atoms with Crippen molar-refractivity contribution in [3.8, 4) is 11.5 Å². The van der Waals surface area contributed by atoms with E-state index >= 15 is 0 Å². The zero-order chi connectivity index (χ0) is 23.0. The van der Waals surface area contributed by atoms with Gasteiger partial charge < -0.3 is 9.57 Å². The monoisotopic (exact) mass is 451 g/mol. The number of carbonyl (C=O) groups is 1. The van der Waals surface area contributed by atoms with E-state index in [9.17, 15) is 13.2 Å². The zero-order valence-corrected chi connectivity index (χ0v) is 18.8. The summed E-state index contributed by atoms with van der Waals surface area (Å²) >= 11 is 0. The number of sulfonamides is 1. The van der Waals surface area contributed by atoms with Crippen LogP contribution >= 0.6 is 0 Å². The van der Waals surface area contributed by atoms with Crippen molar-refractivity contribution in [3.05, 3.63) is 54.1 Å². The van der Waals surface area contributed by atoms with Crippen LogP contribution in [-0.2, 0) is 19.7 Å². The van der Waals surface area contributed by atoms with Crippen molar-refractivity contribution in [1.29, 1.82) is 0 Å². The van der Waals surface area contributed by atoms with Crippen LogP contribution in [0.4, 0.5) is 5.69 Å². The first kappa shape index (κ1) is 24.6. The van der Waals surface area contributed by atoms with Gasteiger partial charge in [0.2, 0.25) is 10.0 Å². The van der Waals surface area contributed by atoms with Crippen molar-refractivity contribution < 1.29 is 28.0 Å². The second kappa shape index (κ2) is 11.1. The first-order valence-electron chi connectivity index (χ1n) is 9.73. The van der Waals surface area contributed by atoms with Crippen LogP contribution in [0.5, 0.6) is 11.5 Å². The molecule has 2 aromatic rings. The summed E-state index contributed by atoms with van der Waals surface area (Å²) in [5, 5.41) is 9.01. The highest BCUT2D eigenvalue weighted by atomic mass is 32.2. The molecule has 0 spiro atoms. The smallest absolute Gasteiger partial charge is 0.264 e. The molecule has 0 aliphatic rings.